The van der Waals surface area contributed by atoms with E-state index < -0.39 is 16.7 Å². The molecule has 0 atom stereocenters. The van der Waals surface area contributed by atoms with Crippen LogP contribution in [0.5, 0.6) is 0 Å². The van der Waals surface area contributed by atoms with Crippen molar-refractivity contribution in [3.8, 4) is 0 Å². The summed E-state index contributed by atoms with van der Waals surface area (Å²) in [5.41, 5.74) is 0. The molecule has 7 nitrogen and oxygen atoms in total. The zero-order valence-corrected chi connectivity index (χ0v) is 9.73. The van der Waals surface area contributed by atoms with Crippen LogP contribution < -0.4 is 10.6 Å². The number of hydrogen-bond acceptors (Lipinski definition) is 5. The van der Waals surface area contributed by atoms with E-state index in [2.05, 4.69) is 10.6 Å². The summed E-state index contributed by atoms with van der Waals surface area (Å²) < 4.78 is 4.75. The first-order chi connectivity index (χ1) is 8.00. The van der Waals surface area contributed by atoms with E-state index >= 15 is 0 Å². The molecule has 2 N–H and O–H groups in total. The van der Waals surface area contributed by atoms with Gasteiger partial charge in [0.15, 0.2) is 5.76 Å². The van der Waals surface area contributed by atoms with Gasteiger partial charge in [0.1, 0.15) is 4.92 Å². The molecule has 0 aliphatic rings. The Labute approximate surface area is 98.3 Å². The molecule has 0 saturated carbocycles. The Bertz CT molecular complexity index is 400. The van der Waals surface area contributed by atoms with Crippen molar-refractivity contribution in [3.63, 3.8) is 0 Å². The van der Waals surface area contributed by atoms with Gasteiger partial charge in [0.2, 0.25) is 0 Å². The van der Waals surface area contributed by atoms with Crippen LogP contribution in [0.25, 0.3) is 0 Å². The number of amides is 1. The second kappa shape index (κ2) is 6.00. The van der Waals surface area contributed by atoms with Gasteiger partial charge in [-0.1, -0.05) is 13.8 Å². The molecule has 0 spiro atoms. The van der Waals surface area contributed by atoms with E-state index in [4.69, 9.17) is 4.42 Å². The van der Waals surface area contributed by atoms with E-state index in [1.54, 1.807) is 0 Å². The van der Waals surface area contributed by atoms with Crippen LogP contribution in [0.3, 0.4) is 0 Å². The van der Waals surface area contributed by atoms with Crippen LogP contribution in [0.1, 0.15) is 24.4 Å². The number of rotatable bonds is 6. The molecule has 0 aromatic carbocycles. The summed E-state index contributed by atoms with van der Waals surface area (Å²) >= 11 is 0. The van der Waals surface area contributed by atoms with Gasteiger partial charge in [-0.25, -0.2) is 0 Å². The molecule has 7 heteroatoms. The van der Waals surface area contributed by atoms with Crippen LogP contribution in [-0.4, -0.2) is 30.0 Å². The lowest BCUT2D eigenvalue weighted by Gasteiger charge is -2.07. The number of nitrogens with zero attached hydrogens (tertiary/aromatic N) is 1. The largest absolute Gasteiger partial charge is 0.433 e. The van der Waals surface area contributed by atoms with Crippen molar-refractivity contribution in [1.29, 1.82) is 0 Å². The maximum Gasteiger partial charge on any atom is 0.433 e. The molecule has 0 fully saturated rings. The predicted octanol–water partition coefficient (Wildman–Crippen LogP) is 0.916. The number of furan rings is 1. The standard InChI is InChI=1S/C10H15N3O4/c1-7(2)11-5-6-12-10(14)8-3-4-9(17-8)13(15)16/h3-4,7,11H,5-6H2,1-2H3,(H,12,14). The molecule has 1 aromatic rings. The Morgan fingerprint density at radius 3 is 2.71 bits per heavy atom. The Morgan fingerprint density at radius 2 is 2.18 bits per heavy atom. The van der Waals surface area contributed by atoms with Gasteiger partial charge in [0.05, 0.1) is 6.07 Å². The minimum Gasteiger partial charge on any atom is -0.395 e. The van der Waals surface area contributed by atoms with Gasteiger partial charge in [0, 0.05) is 19.1 Å². The molecular formula is C10H15N3O4. The summed E-state index contributed by atoms with van der Waals surface area (Å²) in [6, 6.07) is 2.78. The molecule has 0 unspecified atom stereocenters. The fraction of sp³-hybridized carbons (Fsp3) is 0.500. The predicted molar refractivity (Wildman–Crippen MR) is 60.8 cm³/mol. The summed E-state index contributed by atoms with van der Waals surface area (Å²) in [4.78, 5) is 21.1. The highest BCUT2D eigenvalue weighted by Gasteiger charge is 2.16. The highest BCUT2D eigenvalue weighted by molar-refractivity contribution is 5.91. The number of carbonyl (C=O) groups is 1. The molecular weight excluding hydrogens is 226 g/mol. The third-order valence-corrected chi connectivity index (χ3v) is 1.96. The topological polar surface area (TPSA) is 97.4 Å². The van der Waals surface area contributed by atoms with Gasteiger partial charge in [-0.3, -0.25) is 14.9 Å². The summed E-state index contributed by atoms with van der Waals surface area (Å²) in [6.07, 6.45) is 0. The highest BCUT2D eigenvalue weighted by Crippen LogP contribution is 2.15. The van der Waals surface area contributed by atoms with E-state index in [9.17, 15) is 14.9 Å². The van der Waals surface area contributed by atoms with E-state index in [0.717, 1.165) is 6.07 Å². The molecule has 17 heavy (non-hydrogen) atoms. The Balaban J connectivity index is 2.39. The van der Waals surface area contributed by atoms with Crippen LogP contribution in [0.15, 0.2) is 16.5 Å². The molecule has 0 bridgehead atoms. The lowest BCUT2D eigenvalue weighted by Crippen LogP contribution is -2.34. The SMILES string of the molecule is CC(C)NCCNC(=O)c1ccc([N+](=O)[O-])o1. The molecule has 1 rings (SSSR count). The van der Waals surface area contributed by atoms with Gasteiger partial charge in [-0.15, -0.1) is 0 Å². The van der Waals surface area contributed by atoms with Gasteiger partial charge in [-0.05, 0) is 6.07 Å². The highest BCUT2D eigenvalue weighted by atomic mass is 16.6. The van der Waals surface area contributed by atoms with Crippen molar-refractivity contribution in [2.24, 2.45) is 0 Å². The molecule has 0 aliphatic heterocycles. The zero-order chi connectivity index (χ0) is 12.8. The number of carbonyl (C=O) groups excluding carboxylic acids is 1. The molecule has 1 aromatic heterocycles. The van der Waals surface area contributed by atoms with Crippen LogP contribution in [0, 0.1) is 10.1 Å². The average Bonchev–Trinajstić information content (AvgIpc) is 2.73. The van der Waals surface area contributed by atoms with Crippen molar-refractivity contribution in [1.82, 2.24) is 10.6 Å². The van der Waals surface area contributed by atoms with Gasteiger partial charge in [0.25, 0.3) is 5.91 Å². The van der Waals surface area contributed by atoms with Crippen molar-refractivity contribution in [3.05, 3.63) is 28.0 Å². The molecule has 0 saturated heterocycles. The van der Waals surface area contributed by atoms with Crippen LogP contribution in [0.2, 0.25) is 0 Å². The minimum absolute atomic E-state index is 0.0544. The summed E-state index contributed by atoms with van der Waals surface area (Å²) in [5, 5.41) is 16.1. The fourth-order valence-corrected chi connectivity index (χ4v) is 1.17. The monoisotopic (exact) mass is 241 g/mol. The van der Waals surface area contributed by atoms with Crippen LogP contribution in [-0.2, 0) is 0 Å². The molecule has 0 radical (unpaired) electrons. The van der Waals surface area contributed by atoms with Gasteiger partial charge in [-0.2, -0.15) is 0 Å². The van der Waals surface area contributed by atoms with E-state index in [1.807, 2.05) is 13.8 Å². The first-order valence-corrected chi connectivity index (χ1v) is 5.26. The Kier molecular flexibility index (Phi) is 4.65. The summed E-state index contributed by atoms with van der Waals surface area (Å²) in [6.45, 7) is 5.06. The maximum absolute atomic E-state index is 11.5. The van der Waals surface area contributed by atoms with Crippen molar-refractivity contribution < 1.29 is 14.1 Å². The lowest BCUT2D eigenvalue weighted by molar-refractivity contribution is -0.402. The van der Waals surface area contributed by atoms with Gasteiger partial charge < -0.3 is 15.1 Å². The summed E-state index contributed by atoms with van der Waals surface area (Å²) in [5.74, 6) is -0.944. The molecule has 94 valence electrons. The second-order valence-electron chi connectivity index (χ2n) is 3.76. The van der Waals surface area contributed by atoms with E-state index in [1.165, 1.54) is 6.07 Å². The number of nitro groups is 1. The average molecular weight is 241 g/mol. The van der Waals surface area contributed by atoms with Crippen LogP contribution in [0.4, 0.5) is 5.88 Å². The second-order valence-corrected chi connectivity index (χ2v) is 3.76. The normalized spacial score (nSPS) is 10.5. The zero-order valence-electron chi connectivity index (χ0n) is 9.73. The number of nitrogens with one attached hydrogen (secondary N) is 2. The van der Waals surface area contributed by atoms with E-state index in [-0.39, 0.29) is 5.76 Å². The van der Waals surface area contributed by atoms with Crippen molar-refractivity contribution in [2.75, 3.05) is 13.1 Å². The van der Waals surface area contributed by atoms with Gasteiger partial charge >= 0.3 is 5.88 Å². The number of hydrogen-bond donors (Lipinski definition) is 2. The summed E-state index contributed by atoms with van der Waals surface area (Å²) in [7, 11) is 0. The first kappa shape index (κ1) is 13.2. The first-order valence-electron chi connectivity index (χ1n) is 5.26. The van der Waals surface area contributed by atoms with E-state index in [0.29, 0.717) is 19.1 Å². The maximum atomic E-state index is 11.5. The molecule has 1 heterocycles. The van der Waals surface area contributed by atoms with Crippen molar-refractivity contribution in [2.45, 2.75) is 19.9 Å². The Hall–Kier alpha value is -1.89. The minimum atomic E-state index is -0.683. The third kappa shape index (κ3) is 4.23. The quantitative estimate of drug-likeness (QED) is 0.438. The smallest absolute Gasteiger partial charge is 0.395 e. The fourth-order valence-electron chi connectivity index (χ4n) is 1.17. The molecule has 0 aliphatic carbocycles. The third-order valence-electron chi connectivity index (χ3n) is 1.96. The molecule has 1 amide bonds. The van der Waals surface area contributed by atoms with Crippen LogP contribution >= 0.6 is 0 Å². The lowest BCUT2D eigenvalue weighted by atomic mass is 10.4. The Morgan fingerprint density at radius 1 is 1.47 bits per heavy atom. The van der Waals surface area contributed by atoms with Crippen molar-refractivity contribution >= 4 is 11.8 Å².